The van der Waals surface area contributed by atoms with Crippen molar-refractivity contribution in [1.29, 1.82) is 0 Å². The van der Waals surface area contributed by atoms with E-state index in [0.29, 0.717) is 18.4 Å². The number of rotatable bonds is 7. The van der Waals surface area contributed by atoms with Gasteiger partial charge < -0.3 is 23.7 Å². The molecule has 10 heteroatoms. The summed E-state index contributed by atoms with van der Waals surface area (Å²) in [6.45, 7) is 11.2. The number of esters is 4. The first-order valence-electron chi connectivity index (χ1n) is 15.4. The minimum atomic E-state index is -1.35. The maximum absolute atomic E-state index is 13.8. The summed E-state index contributed by atoms with van der Waals surface area (Å²) in [6, 6.07) is 9.33. The highest BCUT2D eigenvalue weighted by Crippen LogP contribution is 2.72. The van der Waals surface area contributed by atoms with E-state index in [1.807, 2.05) is 57.2 Å². The molecule has 3 fully saturated rings. The summed E-state index contributed by atoms with van der Waals surface area (Å²) in [4.78, 5) is 64.9. The number of carbonyl (C=O) groups excluding carboxylic acids is 5. The van der Waals surface area contributed by atoms with Crippen LogP contribution in [0.4, 0.5) is 0 Å². The lowest BCUT2D eigenvalue weighted by atomic mass is 9.46. The zero-order chi connectivity index (χ0) is 32.9. The van der Waals surface area contributed by atoms with Gasteiger partial charge in [0.2, 0.25) is 0 Å². The van der Waals surface area contributed by atoms with Crippen molar-refractivity contribution >= 4 is 35.7 Å². The molecule has 0 unspecified atom stereocenters. The molecule has 0 radical (unpaired) electrons. The quantitative estimate of drug-likeness (QED) is 0.140. The van der Waals surface area contributed by atoms with Crippen LogP contribution < -0.4 is 0 Å². The fourth-order valence-electron chi connectivity index (χ4n) is 8.55. The number of ketones is 1. The molecule has 1 aromatic carbocycles. The van der Waals surface area contributed by atoms with Gasteiger partial charge in [0, 0.05) is 55.9 Å². The molecule has 5 rings (SSSR count). The van der Waals surface area contributed by atoms with Crippen LogP contribution in [0.2, 0.25) is 0 Å². The summed E-state index contributed by atoms with van der Waals surface area (Å²) in [6.07, 6.45) is 2.87. The Hall–Kier alpha value is -3.79. The standard InChI is InChI=1S/C35H42O10/c1-20(36)42-29-25-18-26(39)34(7)35(45-34,32(25,4)5)31(44-22(3)38)30(43-21(2)37)33(6)17-11-14-24(28(29)33)19-41-27(40)16-15-23-12-9-8-10-13-23/h8-10,12-16,25,28-31H,11,17-19H2,1-7H3/b16-15+/t25-,28-,29+,30-,31-,33+,34+,35-/m0/s1. The molecule has 0 aromatic heterocycles. The predicted octanol–water partition coefficient (Wildman–Crippen LogP) is 4.54. The monoisotopic (exact) mass is 622 g/mol. The van der Waals surface area contributed by atoms with Gasteiger partial charge in [-0.25, -0.2) is 4.79 Å². The molecule has 1 aromatic rings. The summed E-state index contributed by atoms with van der Waals surface area (Å²) in [5.74, 6) is -3.78. The molecule has 1 heterocycles. The summed E-state index contributed by atoms with van der Waals surface area (Å²) in [5, 5.41) is 0. The highest BCUT2D eigenvalue weighted by molar-refractivity contribution is 5.94. The van der Waals surface area contributed by atoms with Crippen LogP contribution in [-0.4, -0.2) is 65.8 Å². The summed E-state index contributed by atoms with van der Waals surface area (Å²) in [7, 11) is 0. The number of benzene rings is 1. The SMILES string of the molecule is CC(=O)O[C@@H]1[C@@H]2CC(=O)[C@@]3(C)O[C@@]3([C@@H](OC(C)=O)[C@H](OC(C)=O)[C@]3(C)CCC=C(COC(=O)/C=C/c4ccccc4)[C@@H]13)C2(C)C. The first-order chi connectivity index (χ1) is 21.1. The van der Waals surface area contributed by atoms with Crippen LogP contribution >= 0.6 is 0 Å². The lowest BCUT2D eigenvalue weighted by Gasteiger charge is -2.59. The maximum Gasteiger partial charge on any atom is 0.331 e. The number of hydrogen-bond acceptors (Lipinski definition) is 10. The van der Waals surface area contributed by atoms with Crippen molar-refractivity contribution in [2.45, 2.75) is 97.2 Å². The summed E-state index contributed by atoms with van der Waals surface area (Å²) in [5.41, 5.74) is -3.05. The molecular weight excluding hydrogens is 580 g/mol. The molecule has 4 aliphatic rings. The number of fused-ring (bicyclic) bond motifs is 2. The molecule has 2 saturated carbocycles. The van der Waals surface area contributed by atoms with Crippen LogP contribution in [0.5, 0.6) is 0 Å². The fraction of sp³-hybridized carbons (Fsp3) is 0.571. The van der Waals surface area contributed by atoms with Gasteiger partial charge in [-0.2, -0.15) is 0 Å². The smallest absolute Gasteiger partial charge is 0.331 e. The summed E-state index contributed by atoms with van der Waals surface area (Å²) >= 11 is 0. The van der Waals surface area contributed by atoms with E-state index in [4.69, 9.17) is 23.7 Å². The van der Waals surface area contributed by atoms with Crippen LogP contribution in [0, 0.1) is 22.7 Å². The van der Waals surface area contributed by atoms with E-state index in [-0.39, 0.29) is 18.8 Å². The van der Waals surface area contributed by atoms with Crippen molar-refractivity contribution in [2.24, 2.45) is 22.7 Å². The minimum Gasteiger partial charge on any atom is -0.462 e. The number of Topliss-reactive ketones (excluding diaryl/α,β-unsaturated/α-hetero) is 1. The maximum atomic E-state index is 13.8. The van der Waals surface area contributed by atoms with E-state index in [0.717, 1.165) is 5.56 Å². The Bertz CT molecular complexity index is 1460. The van der Waals surface area contributed by atoms with Crippen molar-refractivity contribution in [3.05, 3.63) is 53.6 Å². The van der Waals surface area contributed by atoms with E-state index in [2.05, 4.69) is 0 Å². The average Bonchev–Trinajstić information content (AvgIpc) is 3.63. The van der Waals surface area contributed by atoms with E-state index < -0.39 is 76.1 Å². The van der Waals surface area contributed by atoms with Crippen molar-refractivity contribution in [1.82, 2.24) is 0 Å². The van der Waals surface area contributed by atoms with Gasteiger partial charge in [0.15, 0.2) is 23.1 Å². The van der Waals surface area contributed by atoms with Crippen LogP contribution in [0.1, 0.15) is 73.3 Å². The molecule has 0 N–H and O–H groups in total. The summed E-state index contributed by atoms with van der Waals surface area (Å²) < 4.78 is 30.4. The van der Waals surface area contributed by atoms with Crippen molar-refractivity contribution in [2.75, 3.05) is 6.61 Å². The van der Waals surface area contributed by atoms with Gasteiger partial charge in [0.1, 0.15) is 18.8 Å². The molecule has 242 valence electrons. The van der Waals surface area contributed by atoms with Gasteiger partial charge in [-0.15, -0.1) is 0 Å². The molecular formula is C35H42O10. The van der Waals surface area contributed by atoms with Crippen LogP contribution in [0.25, 0.3) is 6.08 Å². The van der Waals surface area contributed by atoms with Gasteiger partial charge >= 0.3 is 23.9 Å². The number of carbonyl (C=O) groups is 5. The Kier molecular flexibility index (Phi) is 8.36. The third-order valence-corrected chi connectivity index (χ3v) is 10.6. The van der Waals surface area contributed by atoms with E-state index >= 15 is 0 Å². The molecule has 8 atom stereocenters. The Morgan fingerprint density at radius 2 is 1.53 bits per heavy atom. The lowest BCUT2D eigenvalue weighted by molar-refractivity contribution is -0.226. The Labute approximate surface area is 263 Å². The first kappa shape index (κ1) is 32.6. The number of ether oxygens (including phenoxy) is 5. The highest BCUT2D eigenvalue weighted by atomic mass is 16.7. The Morgan fingerprint density at radius 3 is 2.16 bits per heavy atom. The second kappa shape index (κ2) is 11.5. The molecule has 1 saturated heterocycles. The molecule has 1 spiro atoms. The molecule has 3 aliphatic carbocycles. The lowest BCUT2D eigenvalue weighted by Crippen LogP contribution is -2.71. The largest absolute Gasteiger partial charge is 0.462 e. The topological polar surface area (TPSA) is 135 Å². The first-order valence-corrected chi connectivity index (χ1v) is 15.4. The van der Waals surface area contributed by atoms with Crippen molar-refractivity contribution in [3.8, 4) is 0 Å². The van der Waals surface area contributed by atoms with Gasteiger partial charge in [-0.1, -0.05) is 57.2 Å². The van der Waals surface area contributed by atoms with E-state index in [1.54, 1.807) is 13.0 Å². The third-order valence-electron chi connectivity index (χ3n) is 10.6. The van der Waals surface area contributed by atoms with E-state index in [1.165, 1.54) is 26.8 Å². The van der Waals surface area contributed by atoms with Gasteiger partial charge in [0.05, 0.1) is 0 Å². The zero-order valence-corrected chi connectivity index (χ0v) is 26.9. The normalized spacial score (nSPS) is 36.3. The third kappa shape index (κ3) is 5.30. The van der Waals surface area contributed by atoms with Gasteiger partial charge in [-0.3, -0.25) is 19.2 Å². The van der Waals surface area contributed by atoms with Crippen molar-refractivity contribution in [3.63, 3.8) is 0 Å². The van der Waals surface area contributed by atoms with Crippen molar-refractivity contribution < 1.29 is 47.7 Å². The van der Waals surface area contributed by atoms with Crippen LogP contribution in [0.3, 0.4) is 0 Å². The highest BCUT2D eigenvalue weighted by Gasteiger charge is 2.88. The average molecular weight is 623 g/mol. The number of hydrogen-bond donors (Lipinski definition) is 0. The molecule has 10 nitrogen and oxygen atoms in total. The molecule has 2 bridgehead atoms. The van der Waals surface area contributed by atoms with Crippen LogP contribution in [-0.2, 0) is 47.7 Å². The molecule has 1 aliphatic heterocycles. The minimum absolute atomic E-state index is 0.0493. The Balaban J connectivity index is 1.62. The van der Waals surface area contributed by atoms with Gasteiger partial charge in [0.25, 0.3) is 0 Å². The second-order valence-electron chi connectivity index (χ2n) is 13.6. The van der Waals surface area contributed by atoms with E-state index in [9.17, 15) is 24.0 Å². The number of epoxide rings is 1. The van der Waals surface area contributed by atoms with Crippen LogP contribution in [0.15, 0.2) is 48.1 Å². The molecule has 45 heavy (non-hydrogen) atoms. The number of allylic oxidation sites excluding steroid dienone is 1. The van der Waals surface area contributed by atoms with Gasteiger partial charge in [-0.05, 0) is 37.0 Å². The zero-order valence-electron chi connectivity index (χ0n) is 26.9. The predicted molar refractivity (Wildman–Crippen MR) is 161 cm³/mol. The molecule has 0 amide bonds. The fourth-order valence-corrected chi connectivity index (χ4v) is 8.55. The Morgan fingerprint density at radius 1 is 0.911 bits per heavy atom. The second-order valence-corrected chi connectivity index (χ2v) is 13.6.